The fraction of sp³-hybridized carbons (Fsp3) is 0.444. The highest BCUT2D eigenvalue weighted by molar-refractivity contribution is 5.96. The van der Waals surface area contributed by atoms with Gasteiger partial charge in [0, 0.05) is 6.04 Å². The lowest BCUT2D eigenvalue weighted by Gasteiger charge is -2.10. The molecule has 0 aliphatic heterocycles. The topological polar surface area (TPSA) is 74.8 Å². The Balaban J connectivity index is 2.75. The summed E-state index contributed by atoms with van der Waals surface area (Å²) in [4.78, 5) is 11.5. The molecule has 0 spiro atoms. The smallest absolute Gasteiger partial charge is 0.301 e. The summed E-state index contributed by atoms with van der Waals surface area (Å²) in [6.45, 7) is 3.82. The quantitative estimate of drug-likeness (QED) is 0.784. The predicted molar refractivity (Wildman–Crippen MR) is 49.4 cm³/mol. The van der Waals surface area contributed by atoms with Gasteiger partial charge in [0.25, 0.3) is 5.91 Å². The van der Waals surface area contributed by atoms with Gasteiger partial charge in [-0.2, -0.15) is 5.10 Å². The van der Waals surface area contributed by atoms with Crippen LogP contribution in [0.15, 0.2) is 12.3 Å². The fourth-order valence-corrected chi connectivity index (χ4v) is 0.895. The van der Waals surface area contributed by atoms with Crippen molar-refractivity contribution in [3.63, 3.8) is 0 Å². The lowest BCUT2D eigenvalue weighted by Crippen LogP contribution is -2.32. The molecule has 0 aliphatic rings. The van der Waals surface area contributed by atoms with Gasteiger partial charge in [-0.25, -0.2) is 0 Å². The molecule has 0 fully saturated rings. The highest BCUT2D eigenvalue weighted by Crippen LogP contribution is 2.11. The van der Waals surface area contributed by atoms with E-state index in [4.69, 9.17) is 0 Å². The second-order valence-corrected chi connectivity index (χ2v) is 3.03. The SMILES string of the molecule is CCC(C)NC(=O)c1ccnnc1[O]. The highest BCUT2D eigenvalue weighted by atomic mass is 16.3. The van der Waals surface area contributed by atoms with Gasteiger partial charge in [-0.15, -0.1) is 5.10 Å². The molecule has 1 heterocycles. The van der Waals surface area contributed by atoms with Crippen molar-refractivity contribution in [3.05, 3.63) is 17.8 Å². The van der Waals surface area contributed by atoms with Crippen LogP contribution >= 0.6 is 0 Å². The molecule has 5 nitrogen and oxygen atoms in total. The maximum atomic E-state index is 11.5. The lowest BCUT2D eigenvalue weighted by atomic mass is 10.2. The van der Waals surface area contributed by atoms with Gasteiger partial charge in [0.1, 0.15) is 5.56 Å². The van der Waals surface area contributed by atoms with Crippen molar-refractivity contribution in [2.45, 2.75) is 26.3 Å². The average molecular weight is 194 g/mol. The Morgan fingerprint density at radius 3 is 2.93 bits per heavy atom. The molecule has 0 saturated carbocycles. The standard InChI is InChI=1S/C9H12N3O2/c1-3-6(2)11-8(13)7-4-5-10-12-9(7)14/h4-6H,3H2,1-2H3,(H,11,13). The van der Waals surface area contributed by atoms with Crippen molar-refractivity contribution in [1.82, 2.24) is 15.5 Å². The number of carbonyl (C=O) groups excluding carboxylic acids is 1. The molecule has 75 valence electrons. The molecule has 1 unspecified atom stereocenters. The maximum Gasteiger partial charge on any atom is 0.301 e. The third kappa shape index (κ3) is 2.42. The molecular formula is C9H12N3O2. The summed E-state index contributed by atoms with van der Waals surface area (Å²) >= 11 is 0. The van der Waals surface area contributed by atoms with Crippen molar-refractivity contribution in [2.24, 2.45) is 0 Å². The maximum absolute atomic E-state index is 11.5. The molecule has 1 radical (unpaired) electrons. The van der Waals surface area contributed by atoms with Crippen molar-refractivity contribution < 1.29 is 9.90 Å². The molecule has 1 atom stereocenters. The summed E-state index contributed by atoms with van der Waals surface area (Å²) in [5.74, 6) is -0.979. The van der Waals surface area contributed by atoms with E-state index in [9.17, 15) is 9.90 Å². The fourth-order valence-electron chi connectivity index (χ4n) is 0.895. The van der Waals surface area contributed by atoms with Gasteiger partial charge in [0.15, 0.2) is 0 Å². The van der Waals surface area contributed by atoms with E-state index >= 15 is 0 Å². The molecule has 0 aliphatic carbocycles. The van der Waals surface area contributed by atoms with Gasteiger partial charge >= 0.3 is 5.88 Å². The number of amides is 1. The summed E-state index contributed by atoms with van der Waals surface area (Å²) in [6, 6.07) is 1.42. The molecular weight excluding hydrogens is 182 g/mol. The van der Waals surface area contributed by atoms with E-state index < -0.39 is 5.88 Å². The van der Waals surface area contributed by atoms with Gasteiger partial charge in [0.2, 0.25) is 0 Å². The summed E-state index contributed by atoms with van der Waals surface area (Å²) in [6.07, 6.45) is 2.14. The van der Waals surface area contributed by atoms with Crippen LogP contribution in [-0.4, -0.2) is 22.1 Å². The van der Waals surface area contributed by atoms with Crippen LogP contribution in [0.4, 0.5) is 0 Å². The molecule has 1 N–H and O–H groups in total. The molecule has 0 bridgehead atoms. The van der Waals surface area contributed by atoms with Crippen LogP contribution in [0.2, 0.25) is 0 Å². The minimum Gasteiger partial charge on any atom is -0.349 e. The summed E-state index contributed by atoms with van der Waals surface area (Å²) in [5, 5.41) is 20.4. The lowest BCUT2D eigenvalue weighted by molar-refractivity contribution is 0.0933. The first-order chi connectivity index (χ1) is 6.65. The van der Waals surface area contributed by atoms with Crippen LogP contribution in [-0.2, 0) is 5.11 Å². The first-order valence-corrected chi connectivity index (χ1v) is 4.44. The monoisotopic (exact) mass is 194 g/mol. The third-order valence-corrected chi connectivity index (χ3v) is 1.92. The zero-order chi connectivity index (χ0) is 10.6. The van der Waals surface area contributed by atoms with Gasteiger partial charge in [0.05, 0.1) is 6.20 Å². The Hall–Kier alpha value is -1.65. The van der Waals surface area contributed by atoms with Crippen LogP contribution < -0.4 is 5.32 Å². The molecule has 0 aromatic carbocycles. The largest absolute Gasteiger partial charge is 0.349 e. The van der Waals surface area contributed by atoms with Crippen molar-refractivity contribution in [3.8, 4) is 5.88 Å². The number of rotatable bonds is 3. The highest BCUT2D eigenvalue weighted by Gasteiger charge is 2.14. The van der Waals surface area contributed by atoms with Crippen LogP contribution in [0.3, 0.4) is 0 Å². The van der Waals surface area contributed by atoms with Gasteiger partial charge < -0.3 is 5.32 Å². The Labute approximate surface area is 82.2 Å². The molecule has 1 aromatic heterocycles. The van der Waals surface area contributed by atoms with Crippen LogP contribution in [0.5, 0.6) is 5.88 Å². The van der Waals surface area contributed by atoms with Gasteiger partial charge in [-0.3, -0.25) is 9.90 Å². The number of nitrogens with one attached hydrogen (secondary N) is 1. The van der Waals surface area contributed by atoms with Crippen molar-refractivity contribution >= 4 is 5.91 Å². The Bertz CT molecular complexity index is 328. The van der Waals surface area contributed by atoms with E-state index in [1.807, 2.05) is 13.8 Å². The second kappa shape index (κ2) is 4.55. The number of carbonyl (C=O) groups is 1. The van der Waals surface area contributed by atoms with E-state index in [1.54, 1.807) is 0 Å². The third-order valence-electron chi connectivity index (χ3n) is 1.92. The molecule has 1 rings (SSSR count). The molecule has 1 amide bonds. The van der Waals surface area contributed by atoms with E-state index in [0.29, 0.717) is 0 Å². The Morgan fingerprint density at radius 1 is 1.64 bits per heavy atom. The number of nitrogens with zero attached hydrogens (tertiary/aromatic N) is 2. The predicted octanol–water partition coefficient (Wildman–Crippen LogP) is 1.15. The summed E-state index contributed by atoms with van der Waals surface area (Å²) in [5.41, 5.74) is 0.0419. The molecule has 0 saturated heterocycles. The average Bonchev–Trinajstić information content (AvgIpc) is 2.18. The molecule has 14 heavy (non-hydrogen) atoms. The molecule has 1 aromatic rings. The van der Waals surface area contributed by atoms with Crippen molar-refractivity contribution in [1.29, 1.82) is 0 Å². The number of aromatic nitrogens is 2. The van der Waals surface area contributed by atoms with E-state index in [0.717, 1.165) is 6.42 Å². The first kappa shape index (κ1) is 10.4. The second-order valence-electron chi connectivity index (χ2n) is 3.03. The van der Waals surface area contributed by atoms with Gasteiger partial charge in [-0.05, 0) is 19.4 Å². The van der Waals surface area contributed by atoms with E-state index in [-0.39, 0.29) is 17.5 Å². The number of hydrogen-bond donors (Lipinski definition) is 1. The molecule has 5 heteroatoms. The van der Waals surface area contributed by atoms with Crippen LogP contribution in [0, 0.1) is 0 Å². The summed E-state index contributed by atoms with van der Waals surface area (Å²) < 4.78 is 0. The zero-order valence-corrected chi connectivity index (χ0v) is 8.15. The van der Waals surface area contributed by atoms with E-state index in [2.05, 4.69) is 15.5 Å². The first-order valence-electron chi connectivity index (χ1n) is 4.44. The number of hydrogen-bond acceptors (Lipinski definition) is 3. The minimum atomic E-state index is -0.590. The van der Waals surface area contributed by atoms with Crippen LogP contribution in [0.25, 0.3) is 0 Å². The zero-order valence-electron chi connectivity index (χ0n) is 8.15. The summed E-state index contributed by atoms with van der Waals surface area (Å²) in [7, 11) is 0. The Kier molecular flexibility index (Phi) is 3.39. The minimum absolute atomic E-state index is 0.0419. The Morgan fingerprint density at radius 2 is 2.36 bits per heavy atom. The van der Waals surface area contributed by atoms with Crippen molar-refractivity contribution in [2.75, 3.05) is 0 Å². The van der Waals surface area contributed by atoms with Gasteiger partial charge in [-0.1, -0.05) is 6.92 Å². The van der Waals surface area contributed by atoms with E-state index in [1.165, 1.54) is 12.3 Å². The normalized spacial score (nSPS) is 12.1. The van der Waals surface area contributed by atoms with Crippen LogP contribution in [0.1, 0.15) is 30.6 Å².